The SMILES string of the molecule is Brc1ccccc1.CC.CC.CC.CC.CC.CC.CC.CC.CC.CC.CC.CC.CC.CC.CC.CC.CC.CC.CC.CC.COc1ccccc1.Cc1ccc(C)cc1.Cc1cccc(F)c1.Cc1ccccc1.Cc1ccccc1F.Clc1ccccc1.FC(F)(F)c1ccccc1.Fc1ccc(F)cc1.Fc1cccc(F)c1.Fc1ccccc1. The lowest BCUT2D eigenvalue weighted by Gasteiger charge is -2.03. The third kappa shape index (κ3) is 156. The summed E-state index contributed by atoms with van der Waals surface area (Å²) in [5.41, 5.74) is 5.04. The fraction of sp³-hybridized carbons (Fsp3) is 0.416. The molecule has 13 heteroatoms. The van der Waals surface area contributed by atoms with Gasteiger partial charge in [0.05, 0.1) is 12.7 Å². The summed E-state index contributed by atoms with van der Waals surface area (Å²) in [7, 11) is 1.66. The molecular weight excluding hydrogens is 1680 g/mol. The highest BCUT2D eigenvalue weighted by Gasteiger charge is 2.29. The van der Waals surface area contributed by atoms with Crippen molar-refractivity contribution in [2.45, 2.75) is 318 Å². The Morgan fingerprint density at radius 3 is 0.595 bits per heavy atom. The van der Waals surface area contributed by atoms with E-state index in [0.29, 0.717) is 5.56 Å². The maximum atomic E-state index is 12.3. The molecule has 0 aromatic heterocycles. The molecule has 0 aliphatic heterocycles. The van der Waals surface area contributed by atoms with Gasteiger partial charge in [0.1, 0.15) is 46.5 Å². The number of aryl methyl sites for hydroxylation is 5. The van der Waals surface area contributed by atoms with Crippen LogP contribution in [0.15, 0.2) is 308 Å². The highest BCUT2D eigenvalue weighted by Crippen LogP contribution is 2.28. The predicted molar refractivity (Wildman–Crippen MR) is 565 cm³/mol. The summed E-state index contributed by atoms with van der Waals surface area (Å²) in [4.78, 5) is 0. The van der Waals surface area contributed by atoms with Gasteiger partial charge in [0.15, 0.2) is 0 Å². The topological polar surface area (TPSA) is 9.23 Å². The van der Waals surface area contributed by atoms with Gasteiger partial charge in [0.25, 0.3) is 0 Å². The molecule has 730 valence electrons. The summed E-state index contributed by atoms with van der Waals surface area (Å²) in [5.74, 6) is -1.46. The number of alkyl halides is 3. The van der Waals surface area contributed by atoms with E-state index in [2.05, 4.69) is 73.1 Å². The van der Waals surface area contributed by atoms with Crippen molar-refractivity contribution in [2.24, 2.45) is 0 Å². The summed E-state index contributed by atoms with van der Waals surface area (Å²) in [6.07, 6.45) is -4.21. The number of methoxy groups -OCH3 is 1. The van der Waals surface area contributed by atoms with Gasteiger partial charge in [-0.3, -0.25) is 0 Å². The summed E-state index contributed by atoms with van der Waals surface area (Å²) in [5, 5.41) is 0.794. The fourth-order valence-electron chi connectivity index (χ4n) is 5.64. The second-order valence-electron chi connectivity index (χ2n) is 17.5. The molecule has 0 aliphatic carbocycles. The van der Waals surface area contributed by atoms with Gasteiger partial charge >= 0.3 is 6.18 Å². The Hall–Kier alpha value is -8.71. The van der Waals surface area contributed by atoms with E-state index in [0.717, 1.165) is 63.3 Å². The van der Waals surface area contributed by atoms with Crippen molar-refractivity contribution in [1.29, 1.82) is 0 Å². The molecular formula is C113H188BrClF10O. The Kier molecular flexibility index (Phi) is 222. The number of hydrogen-bond acceptors (Lipinski definition) is 1. The predicted octanol–water partition coefficient (Wildman–Crippen LogP) is 44.0. The van der Waals surface area contributed by atoms with Crippen LogP contribution in [0.2, 0.25) is 5.02 Å². The Morgan fingerprint density at radius 1 is 0.222 bits per heavy atom. The zero-order chi connectivity index (χ0) is 104. The molecule has 0 amide bonds. The third-order valence-electron chi connectivity index (χ3n) is 10.1. The second-order valence-corrected chi connectivity index (χ2v) is 18.9. The number of hydrogen-bond donors (Lipinski definition) is 0. The van der Waals surface area contributed by atoms with Crippen LogP contribution in [0.25, 0.3) is 0 Å². The zero-order valence-electron chi connectivity index (χ0n) is 88.3. The Labute approximate surface area is 788 Å². The van der Waals surface area contributed by atoms with Crippen LogP contribution < -0.4 is 4.74 Å². The van der Waals surface area contributed by atoms with E-state index in [1.165, 1.54) is 77.4 Å². The molecule has 0 N–H and O–H groups in total. The van der Waals surface area contributed by atoms with E-state index in [1.807, 2.05) is 405 Å². The largest absolute Gasteiger partial charge is 0.497 e. The Bertz CT molecular complexity index is 3020. The van der Waals surface area contributed by atoms with Gasteiger partial charge < -0.3 is 4.74 Å². The van der Waals surface area contributed by atoms with Crippen molar-refractivity contribution in [2.75, 3.05) is 7.11 Å². The molecule has 0 radical (unpaired) electrons. The smallest absolute Gasteiger partial charge is 0.416 e. The number of para-hydroxylation sites is 1. The molecule has 126 heavy (non-hydrogen) atoms. The first-order valence-electron chi connectivity index (χ1n) is 46.2. The van der Waals surface area contributed by atoms with Crippen LogP contribution in [0.4, 0.5) is 43.9 Å². The molecule has 11 aromatic carbocycles. The molecule has 0 heterocycles. The molecule has 0 aliphatic rings. The van der Waals surface area contributed by atoms with Crippen molar-refractivity contribution in [1.82, 2.24) is 0 Å². The van der Waals surface area contributed by atoms with Crippen molar-refractivity contribution in [3.05, 3.63) is 387 Å². The average Bonchev–Trinajstić information content (AvgIpc) is 0.879. The van der Waals surface area contributed by atoms with Crippen LogP contribution in [-0.2, 0) is 6.18 Å². The number of rotatable bonds is 1. The van der Waals surface area contributed by atoms with E-state index in [1.54, 1.807) is 56.5 Å². The molecule has 11 rings (SSSR count). The van der Waals surface area contributed by atoms with E-state index < -0.39 is 35.0 Å². The van der Waals surface area contributed by atoms with E-state index >= 15 is 0 Å². The molecule has 0 atom stereocenters. The highest BCUT2D eigenvalue weighted by atomic mass is 79.9. The molecule has 0 unspecified atom stereocenters. The molecule has 1 nitrogen and oxygen atoms in total. The summed E-state index contributed by atoms with van der Waals surface area (Å²) in [6.45, 7) is 89.9. The normalized spacial score (nSPS) is 7.29. The number of ether oxygens (including phenoxy) is 1. The number of benzene rings is 11. The summed E-state index contributed by atoms with van der Waals surface area (Å²) < 4.78 is 125. The Morgan fingerprint density at radius 2 is 0.437 bits per heavy atom. The van der Waals surface area contributed by atoms with Gasteiger partial charge in [0.2, 0.25) is 0 Å². The van der Waals surface area contributed by atoms with Crippen LogP contribution in [0.1, 0.15) is 310 Å². The second kappa shape index (κ2) is 167. The van der Waals surface area contributed by atoms with Crippen LogP contribution in [0, 0.1) is 75.3 Å². The first kappa shape index (κ1) is 168. The van der Waals surface area contributed by atoms with E-state index in [9.17, 15) is 43.9 Å². The van der Waals surface area contributed by atoms with Crippen molar-refractivity contribution < 1.29 is 48.6 Å². The molecule has 11 aromatic rings. The average molecular weight is 1870 g/mol. The first-order chi connectivity index (χ1) is 61.1. The lowest BCUT2D eigenvalue weighted by atomic mass is 10.2. The maximum absolute atomic E-state index is 12.3. The van der Waals surface area contributed by atoms with Crippen LogP contribution in [0.3, 0.4) is 0 Å². The highest BCUT2D eigenvalue weighted by molar-refractivity contribution is 9.10. The minimum absolute atomic E-state index is 0.132. The summed E-state index contributed by atoms with van der Waals surface area (Å²) in [6, 6.07) is 84.2. The Balaban J connectivity index is -0.0000000524. The van der Waals surface area contributed by atoms with Crippen LogP contribution in [0.5, 0.6) is 5.75 Å². The van der Waals surface area contributed by atoms with Crippen molar-refractivity contribution in [3.8, 4) is 5.75 Å². The maximum Gasteiger partial charge on any atom is 0.416 e. The minimum atomic E-state index is -4.21. The molecule has 0 spiro atoms. The van der Waals surface area contributed by atoms with Crippen molar-refractivity contribution >= 4 is 27.5 Å². The minimum Gasteiger partial charge on any atom is -0.497 e. The van der Waals surface area contributed by atoms with Gasteiger partial charge in [-0.2, -0.15) is 13.2 Å². The monoisotopic (exact) mass is 1870 g/mol. The molecule has 0 saturated carbocycles. The van der Waals surface area contributed by atoms with Gasteiger partial charge in [-0.15, -0.1) is 0 Å². The first-order valence-corrected chi connectivity index (χ1v) is 47.4. The van der Waals surface area contributed by atoms with Gasteiger partial charge in [-0.1, -0.05) is 515 Å². The van der Waals surface area contributed by atoms with Crippen LogP contribution >= 0.6 is 27.5 Å². The van der Waals surface area contributed by atoms with Crippen molar-refractivity contribution in [3.63, 3.8) is 0 Å². The van der Waals surface area contributed by atoms with E-state index in [4.69, 9.17) is 16.3 Å². The molecule has 0 saturated heterocycles. The number of halogens is 12. The molecule has 0 bridgehead atoms. The van der Waals surface area contributed by atoms with Gasteiger partial charge in [-0.25, -0.2) is 30.7 Å². The van der Waals surface area contributed by atoms with Crippen LogP contribution in [-0.4, -0.2) is 7.11 Å². The van der Waals surface area contributed by atoms with E-state index in [-0.39, 0.29) is 17.5 Å². The standard InChI is InChI=1S/C8H10.C7H5F3.2C7H7F.C7H8O.C7H8.C6H5Br.C6H5Cl.2C6H4F2.C6H5F.20C2H6/c1-7-3-5-8(2)6-4-7;8-7(9,10)6-4-2-1-3-5-6;1-6-3-2-4-7(8)5-6;1-6-4-2-3-5-7(6)8;1-8-7-5-3-2-4-6-7;1-7-5-3-2-4-6-7;2*7-6-4-2-1-3-5-6;7-5-1-2-6(8)4-3-5;7-5-2-1-3-6(8)4-5;7-6-4-2-1-3-5-6;20*1-2/h3-6H,1-2H3;1-5H;2*2-5H,1H3;2-6H,1H3;2-6H,1H3;2*1-5H;2*1-4H;1-5H;20*1-2H3. The summed E-state index contributed by atoms with van der Waals surface area (Å²) >= 11 is 8.85. The third-order valence-corrected chi connectivity index (χ3v) is 10.9. The lowest BCUT2D eigenvalue weighted by Crippen LogP contribution is -2.03. The zero-order valence-corrected chi connectivity index (χ0v) is 90.7. The lowest BCUT2D eigenvalue weighted by molar-refractivity contribution is -0.137. The van der Waals surface area contributed by atoms with Gasteiger partial charge in [-0.05, 0) is 149 Å². The molecule has 0 fully saturated rings. The quantitative estimate of drug-likeness (QED) is 0.149. The van der Waals surface area contributed by atoms with Gasteiger partial charge in [0, 0.05) is 15.6 Å². The fourth-order valence-corrected chi connectivity index (χ4v) is 6.10.